The molecule has 0 radical (unpaired) electrons. The van der Waals surface area contributed by atoms with Gasteiger partial charge in [0.1, 0.15) is 6.33 Å². The lowest BCUT2D eigenvalue weighted by Crippen LogP contribution is -2.06. The van der Waals surface area contributed by atoms with E-state index in [-0.39, 0.29) is 5.91 Å². The normalized spacial score (nSPS) is 11.0. The quantitative estimate of drug-likeness (QED) is 0.453. The summed E-state index contributed by atoms with van der Waals surface area (Å²) >= 11 is 0. The monoisotopic (exact) mass is 407 g/mol. The molecule has 0 aliphatic heterocycles. The molecule has 2 aromatic heterocycles. The Morgan fingerprint density at radius 1 is 0.903 bits per heavy atom. The summed E-state index contributed by atoms with van der Waals surface area (Å²) in [4.78, 5) is 16.3. The molecule has 152 valence electrons. The van der Waals surface area contributed by atoms with Gasteiger partial charge in [0.2, 0.25) is 5.91 Å². The minimum absolute atomic E-state index is 0.104. The Kier molecular flexibility index (Phi) is 4.59. The molecule has 0 unspecified atom stereocenters. The van der Waals surface area contributed by atoms with E-state index in [4.69, 9.17) is 0 Å². The number of hydrogen-bond acceptors (Lipinski definition) is 3. The molecule has 0 saturated carbocycles. The van der Waals surface area contributed by atoms with E-state index in [0.717, 1.165) is 44.7 Å². The summed E-state index contributed by atoms with van der Waals surface area (Å²) in [6, 6.07) is 22.4. The second-order valence-corrected chi connectivity index (χ2v) is 7.54. The van der Waals surface area contributed by atoms with Gasteiger partial charge in [-0.1, -0.05) is 36.4 Å². The van der Waals surface area contributed by atoms with Crippen molar-refractivity contribution in [2.24, 2.45) is 7.05 Å². The number of aryl methyl sites for hydroxylation is 1. The van der Waals surface area contributed by atoms with Gasteiger partial charge in [0.15, 0.2) is 0 Å². The maximum atomic E-state index is 11.7. The maximum absolute atomic E-state index is 11.7. The van der Waals surface area contributed by atoms with E-state index in [9.17, 15) is 4.79 Å². The molecule has 3 aromatic carbocycles. The molecule has 6 heteroatoms. The lowest BCUT2D eigenvalue weighted by Gasteiger charge is -2.12. The van der Waals surface area contributed by atoms with Crippen LogP contribution >= 0.6 is 0 Å². The molecule has 0 saturated heterocycles. The number of nitrogens with zero attached hydrogens (tertiary/aromatic N) is 4. The van der Waals surface area contributed by atoms with Crippen molar-refractivity contribution in [3.05, 3.63) is 85.5 Å². The van der Waals surface area contributed by atoms with Crippen molar-refractivity contribution in [3.63, 3.8) is 0 Å². The SMILES string of the molecule is CC(=O)Nc1cc(-c2ccccc2)cc(-n2cnc3cc(-c4cnn(C)c4)ccc32)c1. The van der Waals surface area contributed by atoms with Gasteiger partial charge in [-0.2, -0.15) is 5.10 Å². The number of rotatable bonds is 4. The minimum atomic E-state index is -0.104. The second kappa shape index (κ2) is 7.57. The summed E-state index contributed by atoms with van der Waals surface area (Å²) in [6.45, 7) is 1.52. The summed E-state index contributed by atoms with van der Waals surface area (Å²) in [5.74, 6) is -0.104. The number of nitrogens with one attached hydrogen (secondary N) is 1. The molecule has 2 heterocycles. The van der Waals surface area contributed by atoms with E-state index >= 15 is 0 Å². The molecule has 0 spiro atoms. The first-order valence-electron chi connectivity index (χ1n) is 10.0. The van der Waals surface area contributed by atoms with Gasteiger partial charge in [-0.05, 0) is 47.0 Å². The fraction of sp³-hybridized carbons (Fsp3) is 0.0800. The lowest BCUT2D eigenvalue weighted by atomic mass is 10.0. The largest absolute Gasteiger partial charge is 0.326 e. The van der Waals surface area contributed by atoms with Gasteiger partial charge in [0.25, 0.3) is 0 Å². The average molecular weight is 407 g/mol. The Morgan fingerprint density at radius 3 is 2.48 bits per heavy atom. The summed E-state index contributed by atoms with van der Waals surface area (Å²) in [7, 11) is 1.91. The third kappa shape index (κ3) is 3.71. The molecule has 1 amide bonds. The Labute approximate surface area is 179 Å². The number of carbonyl (C=O) groups excluding carboxylic acids is 1. The van der Waals surface area contributed by atoms with Crippen LogP contribution in [0.4, 0.5) is 5.69 Å². The minimum Gasteiger partial charge on any atom is -0.326 e. The molecule has 0 aliphatic carbocycles. The molecule has 6 nitrogen and oxygen atoms in total. The van der Waals surface area contributed by atoms with E-state index in [1.165, 1.54) is 6.92 Å². The zero-order chi connectivity index (χ0) is 21.4. The Hall–Kier alpha value is -4.19. The predicted molar refractivity (Wildman–Crippen MR) is 123 cm³/mol. The number of hydrogen-bond donors (Lipinski definition) is 1. The lowest BCUT2D eigenvalue weighted by molar-refractivity contribution is -0.114. The molecule has 0 aliphatic rings. The third-order valence-electron chi connectivity index (χ3n) is 5.21. The zero-order valence-corrected chi connectivity index (χ0v) is 17.3. The molecule has 5 aromatic rings. The first-order chi connectivity index (χ1) is 15.1. The van der Waals surface area contributed by atoms with Gasteiger partial charge in [0, 0.05) is 37.1 Å². The van der Waals surface area contributed by atoms with E-state index < -0.39 is 0 Å². The van der Waals surface area contributed by atoms with Crippen molar-refractivity contribution in [1.29, 1.82) is 0 Å². The smallest absolute Gasteiger partial charge is 0.221 e. The highest BCUT2D eigenvalue weighted by Gasteiger charge is 2.11. The van der Waals surface area contributed by atoms with Crippen molar-refractivity contribution < 1.29 is 4.79 Å². The third-order valence-corrected chi connectivity index (χ3v) is 5.21. The van der Waals surface area contributed by atoms with E-state index in [0.29, 0.717) is 0 Å². The molecule has 0 fully saturated rings. The fourth-order valence-electron chi connectivity index (χ4n) is 3.79. The van der Waals surface area contributed by atoms with Crippen LogP contribution in [-0.4, -0.2) is 25.2 Å². The van der Waals surface area contributed by atoms with Crippen LogP contribution in [0.5, 0.6) is 0 Å². The van der Waals surface area contributed by atoms with Crippen molar-refractivity contribution >= 4 is 22.6 Å². The van der Waals surface area contributed by atoms with Crippen LogP contribution in [0.2, 0.25) is 0 Å². The number of imidazole rings is 1. The van der Waals surface area contributed by atoms with Crippen molar-refractivity contribution in [2.45, 2.75) is 6.92 Å². The molecule has 1 N–H and O–H groups in total. The van der Waals surface area contributed by atoms with E-state index in [1.807, 2.05) is 60.7 Å². The molecule has 0 bridgehead atoms. The van der Waals surface area contributed by atoms with Crippen LogP contribution < -0.4 is 5.32 Å². The number of anilines is 1. The first kappa shape index (κ1) is 18.8. The van der Waals surface area contributed by atoms with Gasteiger partial charge >= 0.3 is 0 Å². The highest BCUT2D eigenvalue weighted by Crippen LogP contribution is 2.30. The number of benzene rings is 3. The van der Waals surface area contributed by atoms with Crippen LogP contribution in [0.1, 0.15) is 6.92 Å². The molecule has 31 heavy (non-hydrogen) atoms. The zero-order valence-electron chi connectivity index (χ0n) is 17.3. The van der Waals surface area contributed by atoms with Gasteiger partial charge in [-0.25, -0.2) is 4.98 Å². The number of carbonyl (C=O) groups is 1. The van der Waals surface area contributed by atoms with Crippen molar-refractivity contribution in [2.75, 3.05) is 5.32 Å². The Morgan fingerprint density at radius 2 is 1.74 bits per heavy atom. The van der Waals surface area contributed by atoms with Crippen LogP contribution in [0.25, 0.3) is 39.0 Å². The highest BCUT2D eigenvalue weighted by molar-refractivity contribution is 5.91. The Balaban J connectivity index is 1.62. The van der Waals surface area contributed by atoms with Crippen molar-refractivity contribution in [1.82, 2.24) is 19.3 Å². The van der Waals surface area contributed by atoms with Gasteiger partial charge < -0.3 is 5.32 Å². The van der Waals surface area contributed by atoms with Crippen LogP contribution in [0.3, 0.4) is 0 Å². The standard InChI is InChI=1S/C25H21N5O/c1-17(31)28-22-10-20(18-6-4-3-5-7-18)11-23(13-22)30-16-26-24-12-19(8-9-25(24)30)21-14-27-29(2)15-21/h3-16H,1-2H3,(H,28,31). The van der Waals surface area contributed by atoms with Crippen molar-refractivity contribution in [3.8, 4) is 27.9 Å². The van der Waals surface area contributed by atoms with E-state index in [1.54, 1.807) is 4.68 Å². The summed E-state index contributed by atoms with van der Waals surface area (Å²) in [6.07, 6.45) is 5.65. The second-order valence-electron chi connectivity index (χ2n) is 7.54. The molecular weight excluding hydrogens is 386 g/mol. The number of amides is 1. The van der Waals surface area contributed by atoms with Crippen LogP contribution in [0.15, 0.2) is 85.5 Å². The summed E-state index contributed by atoms with van der Waals surface area (Å²) < 4.78 is 3.83. The van der Waals surface area contributed by atoms with Crippen LogP contribution in [-0.2, 0) is 11.8 Å². The number of aromatic nitrogens is 4. The van der Waals surface area contributed by atoms with Gasteiger partial charge in [-0.15, -0.1) is 0 Å². The molecular formula is C25H21N5O. The summed E-state index contributed by atoms with van der Waals surface area (Å²) in [5.41, 5.74) is 7.80. The average Bonchev–Trinajstić information content (AvgIpc) is 3.39. The highest BCUT2D eigenvalue weighted by atomic mass is 16.1. The van der Waals surface area contributed by atoms with Crippen LogP contribution in [0, 0.1) is 0 Å². The topological polar surface area (TPSA) is 64.7 Å². The predicted octanol–water partition coefficient (Wildman–Crippen LogP) is 5.05. The first-order valence-corrected chi connectivity index (χ1v) is 10.0. The fourth-order valence-corrected chi connectivity index (χ4v) is 3.79. The van der Waals surface area contributed by atoms with Gasteiger partial charge in [-0.3, -0.25) is 14.0 Å². The maximum Gasteiger partial charge on any atom is 0.221 e. The summed E-state index contributed by atoms with van der Waals surface area (Å²) in [5, 5.41) is 7.17. The van der Waals surface area contributed by atoms with Gasteiger partial charge in [0.05, 0.1) is 17.2 Å². The molecule has 5 rings (SSSR count). The number of fused-ring (bicyclic) bond motifs is 1. The van der Waals surface area contributed by atoms with E-state index in [2.05, 4.69) is 51.8 Å². The Bertz CT molecular complexity index is 1400. The molecule has 0 atom stereocenters.